The van der Waals surface area contributed by atoms with Crippen molar-refractivity contribution in [3.63, 3.8) is 0 Å². The van der Waals surface area contributed by atoms with E-state index >= 15 is 0 Å². The van der Waals surface area contributed by atoms with Gasteiger partial charge in [0.2, 0.25) is 0 Å². The van der Waals surface area contributed by atoms with E-state index in [4.69, 9.17) is 4.74 Å². The molecule has 140 valence electrons. The lowest BCUT2D eigenvalue weighted by Gasteiger charge is -2.15. The molecule has 1 fully saturated rings. The first-order valence-corrected chi connectivity index (χ1v) is 14.6. The fourth-order valence-corrected chi connectivity index (χ4v) is 5.64. The molecule has 0 saturated heterocycles. The first kappa shape index (κ1) is 19.1. The molecule has 0 bridgehead atoms. The van der Waals surface area contributed by atoms with Gasteiger partial charge in [0, 0.05) is 24.9 Å². The van der Waals surface area contributed by atoms with Crippen molar-refractivity contribution in [3.05, 3.63) is 17.1 Å². The Morgan fingerprint density at radius 2 is 1.80 bits per heavy atom. The average molecular weight is 379 g/mol. The van der Waals surface area contributed by atoms with Crippen molar-refractivity contribution < 1.29 is 4.74 Å². The predicted octanol–water partition coefficient (Wildman–Crippen LogP) is 6.63. The SMILES string of the molecule is C[Si](C)(C)CCOCn1ncc2cc(C3CCCCCCCC3)sc21. The van der Waals surface area contributed by atoms with E-state index in [2.05, 4.69) is 35.5 Å². The van der Waals surface area contributed by atoms with Gasteiger partial charge >= 0.3 is 0 Å². The van der Waals surface area contributed by atoms with E-state index < -0.39 is 8.07 Å². The van der Waals surface area contributed by atoms with Gasteiger partial charge in [-0.05, 0) is 30.9 Å². The molecule has 0 spiro atoms. The van der Waals surface area contributed by atoms with Crippen LogP contribution in [0.5, 0.6) is 0 Å². The van der Waals surface area contributed by atoms with Crippen LogP contribution in [-0.4, -0.2) is 24.5 Å². The fraction of sp³-hybridized carbons (Fsp3) is 0.750. The van der Waals surface area contributed by atoms with Gasteiger partial charge in [-0.1, -0.05) is 58.2 Å². The lowest BCUT2D eigenvalue weighted by atomic mass is 9.95. The monoisotopic (exact) mass is 378 g/mol. The Balaban J connectivity index is 1.63. The van der Waals surface area contributed by atoms with Crippen molar-refractivity contribution in [1.82, 2.24) is 9.78 Å². The zero-order chi connectivity index (χ0) is 17.7. The number of hydrogen-bond acceptors (Lipinski definition) is 3. The third kappa shape index (κ3) is 5.66. The summed E-state index contributed by atoms with van der Waals surface area (Å²) in [4.78, 5) is 2.87. The van der Waals surface area contributed by atoms with Crippen LogP contribution in [0.2, 0.25) is 25.7 Å². The molecule has 3 rings (SSSR count). The van der Waals surface area contributed by atoms with E-state index in [-0.39, 0.29) is 0 Å². The second-order valence-corrected chi connectivity index (χ2v) is 15.5. The van der Waals surface area contributed by atoms with Crippen molar-refractivity contribution >= 4 is 29.6 Å². The summed E-state index contributed by atoms with van der Waals surface area (Å²) in [5.41, 5.74) is 0. The van der Waals surface area contributed by atoms with E-state index in [1.165, 1.54) is 67.6 Å². The Hall–Kier alpha value is -0.653. The molecule has 0 amide bonds. The third-order valence-electron chi connectivity index (χ3n) is 5.30. The van der Waals surface area contributed by atoms with Gasteiger partial charge in [0.15, 0.2) is 0 Å². The smallest absolute Gasteiger partial charge is 0.140 e. The topological polar surface area (TPSA) is 27.1 Å². The molecule has 5 heteroatoms. The minimum atomic E-state index is -1.02. The largest absolute Gasteiger partial charge is 0.359 e. The minimum Gasteiger partial charge on any atom is -0.359 e. The maximum Gasteiger partial charge on any atom is 0.140 e. The van der Waals surface area contributed by atoms with Crippen molar-refractivity contribution in [2.75, 3.05) is 6.61 Å². The van der Waals surface area contributed by atoms with Crippen LogP contribution in [-0.2, 0) is 11.5 Å². The van der Waals surface area contributed by atoms with Crippen molar-refractivity contribution in [3.8, 4) is 0 Å². The molecule has 2 heterocycles. The van der Waals surface area contributed by atoms with E-state index in [1.54, 1.807) is 4.88 Å². The zero-order valence-corrected chi connectivity index (χ0v) is 18.0. The molecule has 0 radical (unpaired) electrons. The summed E-state index contributed by atoms with van der Waals surface area (Å²) in [5.74, 6) is 0.761. The zero-order valence-electron chi connectivity index (χ0n) is 16.2. The van der Waals surface area contributed by atoms with Crippen LogP contribution < -0.4 is 0 Å². The van der Waals surface area contributed by atoms with Gasteiger partial charge in [-0.2, -0.15) is 5.10 Å². The van der Waals surface area contributed by atoms with Gasteiger partial charge in [-0.15, -0.1) is 11.3 Å². The Labute approximate surface area is 157 Å². The van der Waals surface area contributed by atoms with Gasteiger partial charge < -0.3 is 4.74 Å². The minimum absolute atomic E-state index is 0.596. The highest BCUT2D eigenvalue weighted by Crippen LogP contribution is 2.37. The number of rotatable bonds is 6. The molecular weight excluding hydrogens is 344 g/mol. The van der Waals surface area contributed by atoms with Gasteiger partial charge in [-0.3, -0.25) is 0 Å². The van der Waals surface area contributed by atoms with Crippen LogP contribution in [0, 0.1) is 0 Å². The third-order valence-corrected chi connectivity index (χ3v) is 8.33. The van der Waals surface area contributed by atoms with Gasteiger partial charge in [-0.25, -0.2) is 4.68 Å². The maximum absolute atomic E-state index is 5.91. The normalized spacial score (nSPS) is 18.2. The molecule has 0 unspecified atom stereocenters. The molecule has 25 heavy (non-hydrogen) atoms. The highest BCUT2D eigenvalue weighted by Gasteiger charge is 2.18. The summed E-state index contributed by atoms with van der Waals surface area (Å²) in [6.07, 6.45) is 13.2. The lowest BCUT2D eigenvalue weighted by Crippen LogP contribution is -2.22. The summed E-state index contributed by atoms with van der Waals surface area (Å²) in [7, 11) is -1.02. The first-order valence-electron chi connectivity index (χ1n) is 10.1. The number of hydrogen-bond donors (Lipinski definition) is 0. The number of nitrogens with zero attached hydrogens (tertiary/aromatic N) is 2. The quantitative estimate of drug-likeness (QED) is 0.417. The van der Waals surface area contributed by atoms with Gasteiger partial charge in [0.1, 0.15) is 11.6 Å². The molecular formula is C20H34N2OSSi. The molecule has 1 saturated carbocycles. The van der Waals surface area contributed by atoms with E-state index in [0.29, 0.717) is 6.73 Å². The standard InChI is InChI=1S/C20H34N2OSSi/c1-25(2,3)13-12-23-16-22-20-18(15-21-22)14-19(24-20)17-10-8-6-4-5-7-9-11-17/h14-15,17H,4-13,16H2,1-3H3. The molecule has 2 aromatic heterocycles. The second-order valence-electron chi connectivity index (χ2n) is 8.80. The average Bonchev–Trinajstić information content (AvgIpc) is 3.14. The van der Waals surface area contributed by atoms with E-state index in [0.717, 1.165) is 12.5 Å². The summed E-state index contributed by atoms with van der Waals surface area (Å²) in [6.45, 7) is 8.64. The maximum atomic E-state index is 5.91. The van der Waals surface area contributed by atoms with Crippen molar-refractivity contribution in [2.45, 2.75) is 89.7 Å². The second kappa shape index (κ2) is 8.83. The summed E-state index contributed by atoms with van der Waals surface area (Å²) in [5, 5.41) is 5.84. The van der Waals surface area contributed by atoms with Crippen LogP contribution in [0.15, 0.2) is 12.3 Å². The van der Waals surface area contributed by atoms with Crippen LogP contribution in [0.4, 0.5) is 0 Å². The molecule has 1 aliphatic rings. The van der Waals surface area contributed by atoms with Crippen LogP contribution >= 0.6 is 11.3 Å². The van der Waals surface area contributed by atoms with Crippen LogP contribution in [0.25, 0.3) is 10.2 Å². The highest BCUT2D eigenvalue weighted by atomic mass is 32.1. The lowest BCUT2D eigenvalue weighted by molar-refractivity contribution is 0.0820. The van der Waals surface area contributed by atoms with Crippen molar-refractivity contribution in [2.24, 2.45) is 0 Å². The molecule has 0 N–H and O–H groups in total. The molecule has 2 aromatic rings. The number of ether oxygens (including phenoxy) is 1. The predicted molar refractivity (Wildman–Crippen MR) is 111 cm³/mol. The summed E-state index contributed by atoms with van der Waals surface area (Å²) < 4.78 is 7.97. The Morgan fingerprint density at radius 3 is 2.48 bits per heavy atom. The fourth-order valence-electron chi connectivity index (χ4n) is 3.63. The summed E-state index contributed by atoms with van der Waals surface area (Å²) in [6, 6.07) is 3.61. The Bertz CT molecular complexity index is 648. The highest BCUT2D eigenvalue weighted by molar-refractivity contribution is 7.18. The molecule has 0 aromatic carbocycles. The number of fused-ring (bicyclic) bond motifs is 1. The molecule has 0 aliphatic heterocycles. The summed E-state index contributed by atoms with van der Waals surface area (Å²) >= 11 is 1.95. The van der Waals surface area contributed by atoms with Crippen LogP contribution in [0.1, 0.15) is 62.2 Å². The molecule has 0 atom stereocenters. The first-order chi connectivity index (χ1) is 12.0. The molecule has 1 aliphatic carbocycles. The molecule has 3 nitrogen and oxygen atoms in total. The number of thiophene rings is 1. The Kier molecular flexibility index (Phi) is 6.75. The van der Waals surface area contributed by atoms with E-state index in [1.807, 2.05) is 17.5 Å². The Morgan fingerprint density at radius 1 is 1.12 bits per heavy atom. The van der Waals surface area contributed by atoms with Crippen molar-refractivity contribution in [1.29, 1.82) is 0 Å². The number of aromatic nitrogens is 2. The van der Waals surface area contributed by atoms with E-state index in [9.17, 15) is 0 Å². The van der Waals surface area contributed by atoms with Gasteiger partial charge in [0.05, 0.1) is 6.20 Å². The van der Waals surface area contributed by atoms with Gasteiger partial charge in [0.25, 0.3) is 0 Å². The van der Waals surface area contributed by atoms with Crippen LogP contribution in [0.3, 0.4) is 0 Å².